The molecule has 0 radical (unpaired) electrons. The SMILES string of the molecule is NNC(=O)c1cc(Cl)cc(Br)c1N. The molecule has 0 fully saturated rings. The van der Waals surface area contributed by atoms with E-state index in [1.807, 2.05) is 5.43 Å². The van der Waals surface area contributed by atoms with Crippen LogP contribution in [0.2, 0.25) is 5.02 Å². The van der Waals surface area contributed by atoms with Crippen molar-refractivity contribution >= 4 is 39.1 Å². The molecule has 0 saturated carbocycles. The Morgan fingerprint density at radius 3 is 2.69 bits per heavy atom. The number of carbonyl (C=O) groups is 1. The maximum absolute atomic E-state index is 11.1. The second-order valence-corrected chi connectivity index (χ2v) is 3.61. The molecular weight excluding hydrogens is 257 g/mol. The number of rotatable bonds is 1. The second kappa shape index (κ2) is 3.95. The number of anilines is 1. The van der Waals surface area contributed by atoms with Gasteiger partial charge in [-0.25, -0.2) is 5.84 Å². The molecule has 1 rings (SSSR count). The van der Waals surface area contributed by atoms with Gasteiger partial charge in [0.2, 0.25) is 0 Å². The minimum Gasteiger partial charge on any atom is -0.397 e. The predicted molar refractivity (Wildman–Crippen MR) is 55.2 cm³/mol. The Labute approximate surface area is 88.3 Å². The summed E-state index contributed by atoms with van der Waals surface area (Å²) >= 11 is 8.88. The lowest BCUT2D eigenvalue weighted by atomic mass is 10.2. The molecule has 0 aromatic heterocycles. The van der Waals surface area contributed by atoms with Gasteiger partial charge in [0.25, 0.3) is 5.91 Å². The Morgan fingerprint density at radius 2 is 2.15 bits per heavy atom. The molecule has 1 aromatic carbocycles. The number of hydrazine groups is 1. The van der Waals surface area contributed by atoms with Crippen LogP contribution in [0.1, 0.15) is 10.4 Å². The standard InChI is InChI=1S/C7H7BrClN3O/c8-5-2-3(9)1-4(6(5)10)7(13)12-11/h1-2H,10-11H2,(H,12,13). The normalized spacial score (nSPS) is 9.77. The number of benzene rings is 1. The Balaban J connectivity index is 3.28. The third kappa shape index (κ3) is 2.12. The second-order valence-electron chi connectivity index (χ2n) is 2.32. The molecule has 0 aliphatic heterocycles. The van der Waals surface area contributed by atoms with Crippen molar-refractivity contribution in [1.29, 1.82) is 0 Å². The Bertz CT molecular complexity index is 356. The van der Waals surface area contributed by atoms with E-state index in [-0.39, 0.29) is 5.56 Å². The predicted octanol–water partition coefficient (Wildman–Crippen LogP) is 1.29. The fourth-order valence-corrected chi connectivity index (χ4v) is 1.66. The lowest BCUT2D eigenvalue weighted by Crippen LogP contribution is -2.30. The van der Waals surface area contributed by atoms with E-state index in [4.69, 9.17) is 23.2 Å². The van der Waals surface area contributed by atoms with E-state index < -0.39 is 5.91 Å². The largest absolute Gasteiger partial charge is 0.397 e. The molecule has 0 aliphatic rings. The number of nitrogen functional groups attached to an aromatic ring is 2. The summed E-state index contributed by atoms with van der Waals surface area (Å²) in [6, 6.07) is 3.05. The van der Waals surface area contributed by atoms with Gasteiger partial charge in [0, 0.05) is 9.50 Å². The molecule has 0 saturated heterocycles. The van der Waals surface area contributed by atoms with E-state index in [1.54, 1.807) is 6.07 Å². The van der Waals surface area contributed by atoms with Crippen molar-refractivity contribution in [2.45, 2.75) is 0 Å². The number of nitrogens with two attached hydrogens (primary N) is 2. The highest BCUT2D eigenvalue weighted by atomic mass is 79.9. The molecule has 0 atom stereocenters. The highest BCUT2D eigenvalue weighted by molar-refractivity contribution is 9.10. The number of halogens is 2. The molecule has 70 valence electrons. The smallest absolute Gasteiger partial charge is 0.267 e. The van der Waals surface area contributed by atoms with Gasteiger partial charge in [-0.3, -0.25) is 10.2 Å². The molecule has 0 aliphatic carbocycles. The van der Waals surface area contributed by atoms with Crippen LogP contribution in [-0.2, 0) is 0 Å². The topological polar surface area (TPSA) is 81.1 Å². The summed E-state index contributed by atoms with van der Waals surface area (Å²) in [5.41, 5.74) is 8.15. The van der Waals surface area contributed by atoms with Crippen molar-refractivity contribution in [2.24, 2.45) is 5.84 Å². The Morgan fingerprint density at radius 1 is 1.54 bits per heavy atom. The number of hydrogen-bond acceptors (Lipinski definition) is 3. The lowest BCUT2D eigenvalue weighted by Gasteiger charge is -2.06. The van der Waals surface area contributed by atoms with Crippen LogP contribution in [0.25, 0.3) is 0 Å². The summed E-state index contributed by atoms with van der Waals surface area (Å²) in [4.78, 5) is 11.1. The molecule has 0 unspecified atom stereocenters. The van der Waals surface area contributed by atoms with Crippen molar-refractivity contribution in [3.63, 3.8) is 0 Å². The number of carbonyl (C=O) groups excluding carboxylic acids is 1. The van der Waals surface area contributed by atoms with Crippen molar-refractivity contribution in [3.05, 3.63) is 27.2 Å². The molecule has 0 bridgehead atoms. The van der Waals surface area contributed by atoms with E-state index in [0.717, 1.165) is 0 Å². The Hall–Kier alpha value is -0.780. The fraction of sp³-hybridized carbons (Fsp3) is 0. The third-order valence-corrected chi connectivity index (χ3v) is 2.34. The van der Waals surface area contributed by atoms with Gasteiger partial charge in [0.1, 0.15) is 0 Å². The lowest BCUT2D eigenvalue weighted by molar-refractivity contribution is 0.0954. The highest BCUT2D eigenvalue weighted by Crippen LogP contribution is 2.27. The quantitative estimate of drug-likeness (QED) is 0.309. The van der Waals surface area contributed by atoms with Gasteiger partial charge in [-0.05, 0) is 28.1 Å². The van der Waals surface area contributed by atoms with E-state index in [0.29, 0.717) is 15.2 Å². The van der Waals surface area contributed by atoms with Gasteiger partial charge >= 0.3 is 0 Å². The van der Waals surface area contributed by atoms with Crippen LogP contribution >= 0.6 is 27.5 Å². The zero-order valence-corrected chi connectivity index (χ0v) is 8.82. The first-order valence-corrected chi connectivity index (χ1v) is 4.49. The van der Waals surface area contributed by atoms with Gasteiger partial charge in [-0.15, -0.1) is 0 Å². The molecule has 0 heterocycles. The first-order valence-electron chi connectivity index (χ1n) is 3.31. The maximum atomic E-state index is 11.1. The zero-order valence-electron chi connectivity index (χ0n) is 6.47. The molecule has 1 aromatic rings. The fourth-order valence-electron chi connectivity index (χ4n) is 0.850. The minimum atomic E-state index is -0.472. The van der Waals surface area contributed by atoms with Crippen LogP contribution in [0.4, 0.5) is 5.69 Å². The number of nitrogens with one attached hydrogen (secondary N) is 1. The number of amides is 1. The average Bonchev–Trinajstić information content (AvgIpc) is 2.10. The summed E-state index contributed by atoms with van der Waals surface area (Å²) in [5, 5.41) is 0.416. The number of hydrogen-bond donors (Lipinski definition) is 3. The van der Waals surface area contributed by atoms with Crippen molar-refractivity contribution in [3.8, 4) is 0 Å². The highest BCUT2D eigenvalue weighted by Gasteiger charge is 2.11. The summed E-state index contributed by atoms with van der Waals surface area (Å²) in [5.74, 6) is 4.49. The van der Waals surface area contributed by atoms with Crippen LogP contribution < -0.4 is 17.0 Å². The molecule has 0 spiro atoms. The van der Waals surface area contributed by atoms with E-state index in [9.17, 15) is 4.79 Å². The molecule has 1 amide bonds. The average molecular weight is 265 g/mol. The van der Waals surface area contributed by atoms with E-state index >= 15 is 0 Å². The summed E-state index contributed by atoms with van der Waals surface area (Å²) in [7, 11) is 0. The summed E-state index contributed by atoms with van der Waals surface area (Å²) < 4.78 is 0.568. The molecular formula is C7H7BrClN3O. The van der Waals surface area contributed by atoms with Gasteiger partial charge in [-0.1, -0.05) is 11.6 Å². The van der Waals surface area contributed by atoms with Crippen LogP contribution in [0, 0.1) is 0 Å². The maximum Gasteiger partial charge on any atom is 0.267 e. The van der Waals surface area contributed by atoms with Gasteiger partial charge < -0.3 is 5.73 Å². The van der Waals surface area contributed by atoms with E-state index in [1.165, 1.54) is 6.07 Å². The van der Waals surface area contributed by atoms with Crippen molar-refractivity contribution < 1.29 is 4.79 Å². The van der Waals surface area contributed by atoms with Crippen LogP contribution in [-0.4, -0.2) is 5.91 Å². The monoisotopic (exact) mass is 263 g/mol. The Kier molecular flexibility index (Phi) is 3.13. The molecule has 6 heteroatoms. The zero-order chi connectivity index (χ0) is 10.0. The minimum absolute atomic E-state index is 0.252. The van der Waals surface area contributed by atoms with Crippen molar-refractivity contribution in [2.75, 3.05) is 5.73 Å². The molecule has 4 nitrogen and oxygen atoms in total. The third-order valence-electron chi connectivity index (χ3n) is 1.47. The van der Waals surface area contributed by atoms with Gasteiger partial charge in [0.15, 0.2) is 0 Å². The van der Waals surface area contributed by atoms with Crippen LogP contribution in [0.5, 0.6) is 0 Å². The first-order chi connectivity index (χ1) is 6.06. The summed E-state index contributed by atoms with van der Waals surface area (Å²) in [6.45, 7) is 0. The van der Waals surface area contributed by atoms with Crippen molar-refractivity contribution in [1.82, 2.24) is 5.43 Å². The van der Waals surface area contributed by atoms with Gasteiger partial charge in [-0.2, -0.15) is 0 Å². The first kappa shape index (κ1) is 10.3. The van der Waals surface area contributed by atoms with Gasteiger partial charge in [0.05, 0.1) is 11.3 Å². The molecule has 5 N–H and O–H groups in total. The van der Waals surface area contributed by atoms with Crippen LogP contribution in [0.3, 0.4) is 0 Å². The van der Waals surface area contributed by atoms with E-state index in [2.05, 4.69) is 15.9 Å². The summed E-state index contributed by atoms with van der Waals surface area (Å²) in [6.07, 6.45) is 0. The van der Waals surface area contributed by atoms with Crippen LogP contribution in [0.15, 0.2) is 16.6 Å². The molecule has 13 heavy (non-hydrogen) atoms.